The summed E-state index contributed by atoms with van der Waals surface area (Å²) < 4.78 is 24.8. The fourth-order valence-electron chi connectivity index (χ4n) is 11.6. The van der Waals surface area contributed by atoms with E-state index in [0.29, 0.717) is 58.0 Å². The predicted octanol–water partition coefficient (Wildman–Crippen LogP) is 5.25. The number of rotatable bonds is 8. The van der Waals surface area contributed by atoms with Crippen LogP contribution in [0.5, 0.6) is 17.2 Å². The third kappa shape index (κ3) is 11.8. The van der Waals surface area contributed by atoms with Crippen LogP contribution in [0, 0.1) is 36.5 Å². The van der Waals surface area contributed by atoms with Gasteiger partial charge < -0.3 is 54.5 Å². The van der Waals surface area contributed by atoms with Gasteiger partial charge in [-0.15, -0.1) is 0 Å². The number of allylic oxidation sites excluding steroid dienone is 2. The lowest BCUT2D eigenvalue weighted by Gasteiger charge is -2.38. The number of anilines is 1. The Morgan fingerprint density at radius 1 is 0.870 bits per heavy atom. The maximum atomic E-state index is 15.0. The second-order valence-electron chi connectivity index (χ2n) is 22.4. The molecule has 0 aliphatic carbocycles. The molecule has 0 radical (unpaired) electrons. The summed E-state index contributed by atoms with van der Waals surface area (Å²) in [5.74, 6) is -7.77. The number of esters is 1. The molecule has 7 heterocycles. The number of benzene rings is 2. The van der Waals surface area contributed by atoms with Gasteiger partial charge in [-0.3, -0.25) is 39.0 Å². The smallest absolute Gasteiger partial charge is 0.315 e. The minimum Gasteiger partial charge on any atom is -0.507 e. The molecule has 0 saturated carbocycles. The van der Waals surface area contributed by atoms with E-state index < -0.39 is 95.1 Å². The highest BCUT2D eigenvalue weighted by Gasteiger charge is 2.50. The topological polar surface area (TPSA) is 245 Å². The molecule has 19 heteroatoms. The number of Topliss-reactive ketones (excluding diaryl/α,β-unsaturated/α-hetero) is 1. The van der Waals surface area contributed by atoms with Crippen LogP contribution in [0.4, 0.5) is 5.69 Å². The monoisotopic (exact) mass is 1060 g/mol. The van der Waals surface area contributed by atoms with E-state index >= 15 is 0 Å². The molecule has 6 aliphatic heterocycles. The van der Waals surface area contributed by atoms with Crippen molar-refractivity contribution >= 4 is 40.0 Å². The first-order chi connectivity index (χ1) is 36.6. The lowest BCUT2D eigenvalue weighted by Crippen LogP contribution is -2.47. The van der Waals surface area contributed by atoms with Crippen LogP contribution in [0.25, 0.3) is 10.8 Å². The summed E-state index contributed by atoms with van der Waals surface area (Å²) in [6, 6.07) is 3.92. The Morgan fingerprint density at radius 2 is 1.57 bits per heavy atom. The molecule has 5 bridgehead atoms. The highest BCUT2D eigenvalue weighted by atomic mass is 16.7. The minimum atomic E-state index is -2.03. The van der Waals surface area contributed by atoms with Gasteiger partial charge >= 0.3 is 11.8 Å². The van der Waals surface area contributed by atoms with Crippen LogP contribution in [0.2, 0.25) is 0 Å². The lowest BCUT2D eigenvalue weighted by atomic mass is 9.78. The number of hydrogen-bond donors (Lipinski definition) is 5. The second-order valence-corrected chi connectivity index (χ2v) is 22.4. The first kappa shape index (κ1) is 56.9. The summed E-state index contributed by atoms with van der Waals surface area (Å²) >= 11 is 0. The molecule has 1 aromatic heterocycles. The zero-order valence-corrected chi connectivity index (χ0v) is 46.1. The summed E-state index contributed by atoms with van der Waals surface area (Å²) in [7, 11) is 1.45. The highest BCUT2D eigenvalue weighted by Crippen LogP contribution is 2.50. The summed E-state index contributed by atoms with van der Waals surface area (Å²) in [5, 5.41) is 51.2. The molecule has 2 amide bonds. The van der Waals surface area contributed by atoms with Crippen LogP contribution >= 0.6 is 0 Å². The highest BCUT2D eigenvalue weighted by molar-refractivity contribution is 6.19. The average Bonchev–Trinajstić information content (AvgIpc) is 4.06. The molecule has 2 aromatic carbocycles. The van der Waals surface area contributed by atoms with Gasteiger partial charge in [-0.25, -0.2) is 0 Å². The van der Waals surface area contributed by atoms with Crippen molar-refractivity contribution in [3.63, 3.8) is 0 Å². The number of ether oxygens (including phenoxy) is 4. The molecule has 9 rings (SSSR count). The quantitative estimate of drug-likeness (QED) is 0.110. The van der Waals surface area contributed by atoms with E-state index in [1.54, 1.807) is 77.1 Å². The van der Waals surface area contributed by atoms with Crippen LogP contribution in [0.1, 0.15) is 103 Å². The molecule has 5 N–H and O–H groups in total. The van der Waals surface area contributed by atoms with E-state index in [0.717, 1.165) is 25.1 Å². The number of aromatic hydroxyl groups is 2. The van der Waals surface area contributed by atoms with Gasteiger partial charge in [-0.1, -0.05) is 59.8 Å². The molecule has 9 atom stereocenters. The molecule has 19 nitrogen and oxygen atoms in total. The Balaban J connectivity index is 1.14. The van der Waals surface area contributed by atoms with E-state index in [1.807, 2.05) is 12.1 Å². The maximum absolute atomic E-state index is 15.0. The van der Waals surface area contributed by atoms with E-state index in [4.69, 9.17) is 28.9 Å². The van der Waals surface area contributed by atoms with Crippen molar-refractivity contribution in [3.8, 4) is 17.2 Å². The molecule has 2 saturated heterocycles. The van der Waals surface area contributed by atoms with Gasteiger partial charge in [0.1, 0.15) is 35.1 Å². The molecular weight excluding hydrogens is 987 g/mol. The van der Waals surface area contributed by atoms with Gasteiger partial charge in [0.25, 0.3) is 11.7 Å². The third-order valence-electron chi connectivity index (χ3n) is 16.2. The number of hydrogen-bond acceptors (Lipinski definition) is 17. The van der Waals surface area contributed by atoms with Crippen LogP contribution in [-0.2, 0) is 35.1 Å². The van der Waals surface area contributed by atoms with E-state index in [-0.39, 0.29) is 55.5 Å². The van der Waals surface area contributed by atoms with E-state index in [9.17, 15) is 39.6 Å². The van der Waals surface area contributed by atoms with Crippen molar-refractivity contribution < 1.29 is 58.6 Å². The number of nitrogens with one attached hydrogen (secondary N) is 1. The molecule has 6 aliphatic rings. The molecule has 77 heavy (non-hydrogen) atoms. The molecule has 2 fully saturated rings. The van der Waals surface area contributed by atoms with Gasteiger partial charge in [-0.2, -0.15) is 0 Å². The van der Waals surface area contributed by atoms with Crippen molar-refractivity contribution in [2.24, 2.45) is 39.6 Å². The molecule has 0 unspecified atom stereocenters. The Labute approximate surface area is 450 Å². The number of piperidine rings is 1. The second kappa shape index (κ2) is 23.4. The molecule has 3 aromatic rings. The summed E-state index contributed by atoms with van der Waals surface area (Å²) in [6.07, 6.45) is 8.04. The number of nitrogens with zero attached hydrogens (tertiary/aromatic N) is 6. The first-order valence-electron chi connectivity index (χ1n) is 27.0. The fraction of sp³-hybridized carbons (Fsp3) is 0.569. The molecule has 1 spiro atoms. The number of methoxy groups -OCH3 is 1. The van der Waals surface area contributed by atoms with Crippen LogP contribution in [0.15, 0.2) is 70.7 Å². The normalized spacial score (nSPS) is 29.9. The summed E-state index contributed by atoms with van der Waals surface area (Å²) in [5.41, 5.74) is 0.412. The average molecular weight is 1060 g/mol. The largest absolute Gasteiger partial charge is 0.507 e. The van der Waals surface area contributed by atoms with Gasteiger partial charge in [0.2, 0.25) is 5.91 Å². The number of aliphatic hydroxyl groups excluding tert-OH is 2. The first-order valence-corrected chi connectivity index (χ1v) is 27.0. The van der Waals surface area contributed by atoms with Crippen molar-refractivity contribution in [2.75, 3.05) is 58.2 Å². The Kier molecular flexibility index (Phi) is 17.3. The van der Waals surface area contributed by atoms with E-state index in [1.165, 1.54) is 26.4 Å². The van der Waals surface area contributed by atoms with Gasteiger partial charge in [0, 0.05) is 132 Å². The summed E-state index contributed by atoms with van der Waals surface area (Å²) in [4.78, 5) is 77.6. The van der Waals surface area contributed by atoms with Crippen molar-refractivity contribution in [3.05, 3.63) is 88.1 Å². The van der Waals surface area contributed by atoms with Gasteiger partial charge in [0.05, 0.1) is 40.9 Å². The molecular formula is C58H77N7O12. The predicted molar refractivity (Wildman–Crippen MR) is 287 cm³/mol. The standard InChI is InChI=1S/C58H77N7O12/c1-32(2)30-64-24-18-58(19-25-64)61-46-43-44-51(70)38(8)54-45(43)55(72)57(9,77-54)75-28-17-40(74-10)35(5)53(76-42(67)29-41(66)65-23-12-22-63(26-27-65)31-39-15-20-59-21-16-39)37(7)50(69)36(6)49(68)33(3)13-11-14-34(4)56(73)60-48(52(44)71)47(46)62-58/h11,13-17,20-21,28,32-33,35-37,40,49-50,53,68-71H,12,18-19,22-27,29-31H2,1-10H3,(H,60,73)/b13-11+,28-17+,34-14-/t33-,35+,36+,37+,40-,49-,50+,53+,57-/m0/s1. The number of likely N-dealkylation sites (tertiary alicyclic amines) is 1. The third-order valence-corrected chi connectivity index (χ3v) is 16.2. The number of fused-ring (bicyclic) bond motifs is 13. The SMILES string of the molecule is CO[C@H]1/C=C/O[C@@]2(C)Oc3c(C)c(O)c4c(O)c(c5c(c4c3C2=O)=NC2(CCN(CC(C)C)CC2)N=5)NC(=O)/C(C)=C\C=C\[C@H](C)[C@H](O)[C@@H](C)[C@@H](O)[C@@H](C)[C@H](OC(=O)CC(=O)N2CCCN(Cc3ccncc3)CC2)[C@@H]1C. The lowest BCUT2D eigenvalue weighted by molar-refractivity contribution is -0.165. The van der Waals surface area contributed by atoms with Gasteiger partial charge in [-0.05, 0) is 50.0 Å². The van der Waals surface area contributed by atoms with Crippen LogP contribution < -0.4 is 20.8 Å². The number of phenolic OH excluding ortho intramolecular Hbond substituents is 2. The minimum absolute atomic E-state index is 0.00779. The fourth-order valence-corrected chi connectivity index (χ4v) is 11.6. The maximum Gasteiger partial charge on any atom is 0.315 e. The van der Waals surface area contributed by atoms with E-state index in [2.05, 4.69) is 33.9 Å². The number of phenols is 2. The zero-order chi connectivity index (χ0) is 55.7. The van der Waals surface area contributed by atoms with Gasteiger partial charge in [0.15, 0.2) is 11.4 Å². The summed E-state index contributed by atoms with van der Waals surface area (Å²) in [6.45, 7) is 21.1. The number of aliphatic hydroxyl groups is 2. The van der Waals surface area contributed by atoms with Crippen molar-refractivity contribution in [2.45, 2.75) is 130 Å². The Hall–Kier alpha value is -6.25. The van der Waals surface area contributed by atoms with Crippen LogP contribution in [-0.4, -0.2) is 152 Å². The number of pyridine rings is 1. The number of ketones is 1. The van der Waals surface area contributed by atoms with Crippen molar-refractivity contribution in [1.29, 1.82) is 0 Å². The number of aromatic nitrogens is 1. The Bertz CT molecular complexity index is 2950. The molecule has 416 valence electrons. The van der Waals surface area contributed by atoms with Crippen molar-refractivity contribution in [1.82, 2.24) is 19.7 Å². The number of amides is 2. The number of carbonyl (C=O) groups excluding carboxylic acids is 4. The Morgan fingerprint density at radius 3 is 2.26 bits per heavy atom. The van der Waals surface area contributed by atoms with Crippen LogP contribution in [0.3, 0.4) is 0 Å². The zero-order valence-electron chi connectivity index (χ0n) is 46.1. The number of carbonyl (C=O) groups is 4.